The third-order valence-electron chi connectivity index (χ3n) is 5.66. The highest BCUT2D eigenvalue weighted by Crippen LogP contribution is 2.43. The molecule has 3 aromatic rings. The zero-order valence-electron chi connectivity index (χ0n) is 20.1. The minimum Gasteiger partial charge on any atom is -0.491 e. The smallest absolute Gasteiger partial charge is 0.472 e. The Balaban J connectivity index is 1.74. The Morgan fingerprint density at radius 1 is 1.21 bits per heavy atom. The van der Waals surface area contributed by atoms with Crippen LogP contribution in [-0.2, 0) is 26.6 Å². The number of aliphatic hydroxyl groups is 1. The lowest BCUT2D eigenvalue weighted by molar-refractivity contribution is 0.117. The van der Waals surface area contributed by atoms with Gasteiger partial charge in [0.25, 0.3) is 0 Å². The van der Waals surface area contributed by atoms with Crippen LogP contribution in [-0.4, -0.2) is 51.0 Å². The summed E-state index contributed by atoms with van der Waals surface area (Å²) in [6.45, 7) is 6.55. The fourth-order valence-corrected chi connectivity index (χ4v) is 4.41. The van der Waals surface area contributed by atoms with Crippen molar-refractivity contribution in [2.24, 2.45) is 5.92 Å². The van der Waals surface area contributed by atoms with Crippen molar-refractivity contribution >= 4 is 35.6 Å². The minimum absolute atomic E-state index is 0.00865. The number of nitrogens with two attached hydrogens (primary N) is 1. The Hall–Kier alpha value is -2.23. The molecule has 0 radical (unpaired) electrons. The van der Waals surface area contributed by atoms with E-state index >= 15 is 0 Å². The van der Waals surface area contributed by atoms with Gasteiger partial charge >= 0.3 is 7.82 Å². The number of unbranched alkanes of at least 4 members (excludes halogenated alkanes) is 1. The molecule has 1 aromatic carbocycles. The molecule has 0 saturated carbocycles. The maximum absolute atomic E-state index is 11.9. The molecule has 188 valence electrons. The first-order chi connectivity index (χ1) is 16.3. The summed E-state index contributed by atoms with van der Waals surface area (Å²) in [5.74, 6) is 1.89. The van der Waals surface area contributed by atoms with Gasteiger partial charge in [0, 0.05) is 24.4 Å². The maximum Gasteiger partial charge on any atom is 0.472 e. The van der Waals surface area contributed by atoms with E-state index in [0.29, 0.717) is 29.1 Å². The van der Waals surface area contributed by atoms with Crippen LogP contribution in [0.2, 0.25) is 0 Å². The molecule has 0 saturated heterocycles. The lowest BCUT2D eigenvalue weighted by atomic mass is 10.1. The number of imidazole rings is 1. The number of nitrogens with zero attached hydrogens (tertiary/aromatic N) is 3. The van der Waals surface area contributed by atoms with Gasteiger partial charge in [-0.25, -0.2) is 14.5 Å². The number of hydrogen-bond donors (Lipinski definition) is 3. The number of nitrogen functional groups attached to an aromatic ring is 1. The van der Waals surface area contributed by atoms with Crippen molar-refractivity contribution in [1.29, 1.82) is 0 Å². The first-order valence-electron chi connectivity index (χ1n) is 11.7. The van der Waals surface area contributed by atoms with Crippen molar-refractivity contribution in [2.45, 2.75) is 53.0 Å². The number of aromatic nitrogens is 3. The molecule has 0 aliphatic carbocycles. The van der Waals surface area contributed by atoms with E-state index in [1.807, 2.05) is 24.5 Å². The van der Waals surface area contributed by atoms with Crippen LogP contribution in [0, 0.1) is 5.92 Å². The minimum atomic E-state index is -4.11. The summed E-state index contributed by atoms with van der Waals surface area (Å²) in [6.07, 6.45) is 3.67. The molecule has 10 nitrogen and oxygen atoms in total. The molecule has 0 spiro atoms. The SMILES string of the molecule is CCCCc1nc2c(N)nc3cc(OCCOP(=O)(O)OC[C@H](C)CC)ccc3c2n1CCO. The molecule has 1 unspecified atom stereocenters. The summed E-state index contributed by atoms with van der Waals surface area (Å²) in [7, 11) is -4.11. The highest BCUT2D eigenvalue weighted by atomic mass is 31.2. The number of hydrogen-bond acceptors (Lipinski definition) is 8. The fraction of sp³-hybridized carbons (Fsp3) is 0.565. The van der Waals surface area contributed by atoms with E-state index in [0.717, 1.165) is 42.4 Å². The molecule has 0 fully saturated rings. The Bertz CT molecular complexity index is 1150. The second-order valence-electron chi connectivity index (χ2n) is 8.34. The van der Waals surface area contributed by atoms with Crippen LogP contribution in [0.4, 0.5) is 5.82 Å². The number of ether oxygens (including phenoxy) is 1. The molecule has 0 bridgehead atoms. The summed E-state index contributed by atoms with van der Waals surface area (Å²) < 4.78 is 29.6. The summed E-state index contributed by atoms with van der Waals surface area (Å²) in [5, 5.41) is 10.5. The van der Waals surface area contributed by atoms with Gasteiger partial charge in [-0.3, -0.25) is 9.05 Å². The predicted molar refractivity (Wildman–Crippen MR) is 132 cm³/mol. The first-order valence-corrected chi connectivity index (χ1v) is 13.2. The molecule has 0 aliphatic heterocycles. The Labute approximate surface area is 199 Å². The van der Waals surface area contributed by atoms with Crippen molar-refractivity contribution in [3.8, 4) is 5.75 Å². The van der Waals surface area contributed by atoms with Gasteiger partial charge in [0.1, 0.15) is 23.7 Å². The van der Waals surface area contributed by atoms with Gasteiger partial charge < -0.3 is 25.0 Å². The quantitative estimate of drug-likeness (QED) is 0.223. The van der Waals surface area contributed by atoms with E-state index in [9.17, 15) is 14.6 Å². The third kappa shape index (κ3) is 6.46. The van der Waals surface area contributed by atoms with E-state index in [-0.39, 0.29) is 32.3 Å². The molecular formula is C23H35N4O6P. The summed E-state index contributed by atoms with van der Waals surface area (Å²) in [6, 6.07) is 5.43. The van der Waals surface area contributed by atoms with Crippen LogP contribution in [0.3, 0.4) is 0 Å². The van der Waals surface area contributed by atoms with E-state index in [4.69, 9.17) is 24.5 Å². The average Bonchev–Trinajstić information content (AvgIpc) is 3.18. The third-order valence-corrected chi connectivity index (χ3v) is 6.64. The van der Waals surface area contributed by atoms with Gasteiger partial charge in [-0.15, -0.1) is 0 Å². The monoisotopic (exact) mass is 494 g/mol. The number of phosphoric acid groups is 1. The van der Waals surface area contributed by atoms with Crippen molar-refractivity contribution < 1.29 is 28.3 Å². The van der Waals surface area contributed by atoms with E-state index in [2.05, 4.69) is 11.9 Å². The highest BCUT2D eigenvalue weighted by Gasteiger charge is 2.22. The number of benzene rings is 1. The van der Waals surface area contributed by atoms with Gasteiger partial charge in [-0.2, -0.15) is 0 Å². The number of phosphoric ester groups is 1. The van der Waals surface area contributed by atoms with Crippen molar-refractivity contribution in [3.63, 3.8) is 0 Å². The number of rotatable bonds is 14. The molecule has 2 heterocycles. The molecule has 3 rings (SSSR count). The second kappa shape index (κ2) is 12.0. The summed E-state index contributed by atoms with van der Waals surface area (Å²) in [5.41, 5.74) is 8.33. The predicted octanol–water partition coefficient (Wildman–Crippen LogP) is 4.06. The molecule has 4 N–H and O–H groups in total. The number of fused-ring (bicyclic) bond motifs is 3. The Morgan fingerprint density at radius 2 is 2.00 bits per heavy atom. The van der Waals surface area contributed by atoms with Crippen LogP contribution in [0.1, 0.15) is 45.9 Å². The van der Waals surface area contributed by atoms with Crippen LogP contribution >= 0.6 is 7.82 Å². The van der Waals surface area contributed by atoms with Gasteiger partial charge in [0.15, 0.2) is 5.82 Å². The molecule has 0 aliphatic rings. The highest BCUT2D eigenvalue weighted by molar-refractivity contribution is 7.47. The van der Waals surface area contributed by atoms with Crippen LogP contribution < -0.4 is 10.5 Å². The molecule has 2 atom stereocenters. The Kier molecular flexibility index (Phi) is 9.27. The van der Waals surface area contributed by atoms with Gasteiger partial charge in [-0.05, 0) is 24.5 Å². The number of anilines is 1. The van der Waals surface area contributed by atoms with Crippen molar-refractivity contribution in [3.05, 3.63) is 24.0 Å². The maximum atomic E-state index is 11.9. The van der Waals surface area contributed by atoms with E-state index in [1.165, 1.54) is 0 Å². The Morgan fingerprint density at radius 3 is 2.71 bits per heavy atom. The summed E-state index contributed by atoms with van der Waals surface area (Å²) >= 11 is 0. The second-order valence-corrected chi connectivity index (χ2v) is 9.79. The molecule has 34 heavy (non-hydrogen) atoms. The number of aliphatic hydroxyl groups excluding tert-OH is 1. The van der Waals surface area contributed by atoms with Gasteiger partial charge in [0.05, 0.1) is 30.9 Å². The topological polar surface area (TPSA) is 142 Å². The number of aryl methyl sites for hydroxylation is 1. The fourth-order valence-electron chi connectivity index (χ4n) is 3.58. The van der Waals surface area contributed by atoms with Crippen molar-refractivity contribution in [2.75, 3.05) is 32.2 Å². The molecule has 0 amide bonds. The molecule has 2 aromatic heterocycles. The van der Waals surface area contributed by atoms with Gasteiger partial charge in [-0.1, -0.05) is 33.6 Å². The summed E-state index contributed by atoms with van der Waals surface area (Å²) in [4.78, 5) is 19.0. The number of pyridine rings is 1. The van der Waals surface area contributed by atoms with Crippen LogP contribution in [0.5, 0.6) is 5.75 Å². The zero-order chi connectivity index (χ0) is 24.7. The van der Waals surface area contributed by atoms with E-state index in [1.54, 1.807) is 12.1 Å². The van der Waals surface area contributed by atoms with Crippen molar-refractivity contribution in [1.82, 2.24) is 14.5 Å². The van der Waals surface area contributed by atoms with Gasteiger partial charge in [0.2, 0.25) is 0 Å². The zero-order valence-corrected chi connectivity index (χ0v) is 21.0. The lowest BCUT2D eigenvalue weighted by Crippen LogP contribution is -2.09. The van der Waals surface area contributed by atoms with E-state index < -0.39 is 7.82 Å². The first kappa shape index (κ1) is 26.4. The average molecular weight is 495 g/mol. The van der Waals surface area contributed by atoms with Crippen LogP contribution in [0.15, 0.2) is 18.2 Å². The molecule has 11 heteroatoms. The normalized spacial score (nSPS) is 14.5. The molecular weight excluding hydrogens is 459 g/mol. The lowest BCUT2D eigenvalue weighted by Gasteiger charge is -2.15. The standard InChI is InChI=1S/C23H35N4O6P/c1-4-6-7-20-26-21-22(27(20)10-11-28)18-9-8-17(14-19(18)25-23(21)24)31-12-13-32-34(29,30)33-15-16(3)5-2/h8-9,14,16,28H,4-7,10-13,15H2,1-3H3,(H2,24,25)(H,29,30)/t16-/m1/s1. The van der Waals surface area contributed by atoms with Crippen LogP contribution in [0.25, 0.3) is 21.9 Å². The largest absolute Gasteiger partial charge is 0.491 e.